The van der Waals surface area contributed by atoms with E-state index in [-0.39, 0.29) is 11.9 Å². The van der Waals surface area contributed by atoms with Crippen molar-refractivity contribution in [2.45, 2.75) is 39.3 Å². The van der Waals surface area contributed by atoms with E-state index in [1.807, 2.05) is 6.92 Å². The van der Waals surface area contributed by atoms with Gasteiger partial charge in [-0.15, -0.1) is 0 Å². The number of benzene rings is 1. The summed E-state index contributed by atoms with van der Waals surface area (Å²) < 4.78 is 10.4. The summed E-state index contributed by atoms with van der Waals surface area (Å²) in [5, 5.41) is 15.2. The van der Waals surface area contributed by atoms with E-state index in [1.54, 1.807) is 26.0 Å². The van der Waals surface area contributed by atoms with Gasteiger partial charge in [-0.2, -0.15) is 0 Å². The van der Waals surface area contributed by atoms with Crippen LogP contribution in [0.2, 0.25) is 0 Å². The third kappa shape index (κ3) is 3.61. The minimum Gasteiger partial charge on any atom is -0.504 e. The molecule has 3 N–H and O–H groups in total. The van der Waals surface area contributed by atoms with Crippen molar-refractivity contribution >= 4 is 12.0 Å². The molecule has 1 aliphatic heterocycles. The zero-order valence-electron chi connectivity index (χ0n) is 14.2. The number of amides is 2. The molecule has 0 bridgehead atoms. The van der Waals surface area contributed by atoms with E-state index in [4.69, 9.17) is 9.47 Å². The molecule has 0 aromatic heterocycles. The number of hydrogen-bond donors (Lipinski definition) is 3. The number of carbonyl (C=O) groups is 2. The molecule has 1 aliphatic rings. The van der Waals surface area contributed by atoms with Crippen molar-refractivity contribution in [3.8, 4) is 11.5 Å². The lowest BCUT2D eigenvalue weighted by molar-refractivity contribution is -0.144. The van der Waals surface area contributed by atoms with E-state index in [2.05, 4.69) is 10.6 Å². The Morgan fingerprint density at radius 2 is 2.12 bits per heavy atom. The maximum Gasteiger partial charge on any atom is 0.338 e. The molecule has 130 valence electrons. The second-order valence-electron chi connectivity index (χ2n) is 5.63. The van der Waals surface area contributed by atoms with Gasteiger partial charge in [0.15, 0.2) is 11.5 Å². The second kappa shape index (κ2) is 7.25. The monoisotopic (exact) mass is 334 g/mol. The molecular weight excluding hydrogens is 312 g/mol. The molecule has 2 rings (SSSR count). The SMILES string of the molecule is CC[C@H](C)OC(=O)C1=C(C)NC(=O)N[C@H]1c1ccc(OC)c(O)c1. The maximum atomic E-state index is 12.5. The van der Waals surface area contributed by atoms with Gasteiger partial charge in [-0.3, -0.25) is 0 Å². The second-order valence-corrected chi connectivity index (χ2v) is 5.63. The first-order valence-corrected chi connectivity index (χ1v) is 7.73. The summed E-state index contributed by atoms with van der Waals surface area (Å²) in [6, 6.07) is 3.57. The smallest absolute Gasteiger partial charge is 0.338 e. The molecule has 7 nitrogen and oxygen atoms in total. The van der Waals surface area contributed by atoms with Crippen molar-refractivity contribution in [1.29, 1.82) is 0 Å². The molecule has 0 spiro atoms. The quantitative estimate of drug-likeness (QED) is 0.718. The number of esters is 1. The van der Waals surface area contributed by atoms with E-state index in [1.165, 1.54) is 13.2 Å². The van der Waals surface area contributed by atoms with Crippen LogP contribution in [0.15, 0.2) is 29.5 Å². The largest absolute Gasteiger partial charge is 0.504 e. The third-order valence-electron chi connectivity index (χ3n) is 3.91. The number of hydrogen-bond acceptors (Lipinski definition) is 5. The van der Waals surface area contributed by atoms with Crippen LogP contribution in [-0.2, 0) is 9.53 Å². The van der Waals surface area contributed by atoms with Gasteiger partial charge in [0.25, 0.3) is 0 Å². The molecule has 0 radical (unpaired) electrons. The van der Waals surface area contributed by atoms with Crippen molar-refractivity contribution in [3.05, 3.63) is 35.0 Å². The Kier molecular flexibility index (Phi) is 5.33. The highest BCUT2D eigenvalue weighted by Gasteiger charge is 2.33. The van der Waals surface area contributed by atoms with Gasteiger partial charge in [-0.05, 0) is 38.0 Å². The first-order valence-electron chi connectivity index (χ1n) is 7.73. The van der Waals surface area contributed by atoms with Crippen molar-refractivity contribution in [2.24, 2.45) is 0 Å². The minimum absolute atomic E-state index is 0.0740. The molecule has 0 saturated heterocycles. The summed E-state index contributed by atoms with van der Waals surface area (Å²) >= 11 is 0. The zero-order valence-corrected chi connectivity index (χ0v) is 14.2. The molecular formula is C17H22N2O5. The van der Waals surface area contributed by atoms with Crippen LogP contribution in [0.25, 0.3) is 0 Å². The van der Waals surface area contributed by atoms with Crippen LogP contribution in [0.5, 0.6) is 11.5 Å². The number of rotatable bonds is 5. The number of urea groups is 1. The number of nitrogens with one attached hydrogen (secondary N) is 2. The summed E-state index contributed by atoms with van der Waals surface area (Å²) in [4.78, 5) is 24.3. The van der Waals surface area contributed by atoms with E-state index in [0.717, 1.165) is 0 Å². The molecule has 2 amide bonds. The number of ether oxygens (including phenoxy) is 2. The Morgan fingerprint density at radius 1 is 1.42 bits per heavy atom. The Balaban J connectivity index is 2.41. The minimum atomic E-state index is -0.716. The van der Waals surface area contributed by atoms with Crippen molar-refractivity contribution in [1.82, 2.24) is 10.6 Å². The lowest BCUT2D eigenvalue weighted by Crippen LogP contribution is -2.45. The Bertz CT molecular complexity index is 684. The maximum absolute atomic E-state index is 12.5. The van der Waals surface area contributed by atoms with Crippen molar-refractivity contribution in [2.75, 3.05) is 7.11 Å². The van der Waals surface area contributed by atoms with Crippen LogP contribution in [0.3, 0.4) is 0 Å². The first kappa shape index (κ1) is 17.7. The fourth-order valence-corrected chi connectivity index (χ4v) is 2.43. The molecule has 1 aromatic rings. The third-order valence-corrected chi connectivity index (χ3v) is 3.91. The number of allylic oxidation sites excluding steroid dienone is 1. The van der Waals surface area contributed by atoms with Gasteiger partial charge in [0.2, 0.25) is 0 Å². The number of phenols is 1. The zero-order chi connectivity index (χ0) is 17.9. The van der Waals surface area contributed by atoms with Gasteiger partial charge >= 0.3 is 12.0 Å². The predicted molar refractivity (Wildman–Crippen MR) is 87.6 cm³/mol. The fraction of sp³-hybridized carbons (Fsp3) is 0.412. The van der Waals surface area contributed by atoms with E-state index >= 15 is 0 Å². The van der Waals surface area contributed by atoms with Crippen LogP contribution >= 0.6 is 0 Å². The first-order chi connectivity index (χ1) is 11.4. The van der Waals surface area contributed by atoms with Gasteiger partial charge in [-0.25, -0.2) is 9.59 Å². The van der Waals surface area contributed by atoms with Crippen LogP contribution in [0, 0.1) is 0 Å². The molecule has 0 aliphatic carbocycles. The summed E-state index contributed by atoms with van der Waals surface area (Å²) in [6.45, 7) is 5.36. The average Bonchev–Trinajstić information content (AvgIpc) is 2.53. The molecule has 0 unspecified atom stereocenters. The standard InChI is InChI=1S/C17H22N2O5/c1-5-9(2)24-16(21)14-10(3)18-17(22)19-15(14)11-6-7-13(23-4)12(20)8-11/h6-9,15,20H,5H2,1-4H3,(H2,18,19,22)/t9-,15-/m0/s1. The number of methoxy groups -OCH3 is 1. The fourth-order valence-electron chi connectivity index (χ4n) is 2.43. The van der Waals surface area contributed by atoms with Gasteiger partial charge in [0, 0.05) is 5.70 Å². The Hall–Kier alpha value is -2.70. The van der Waals surface area contributed by atoms with Gasteiger partial charge in [0.1, 0.15) is 0 Å². The summed E-state index contributed by atoms with van der Waals surface area (Å²) in [5.41, 5.74) is 1.28. The van der Waals surface area contributed by atoms with Crippen molar-refractivity contribution < 1.29 is 24.2 Å². The van der Waals surface area contributed by atoms with Gasteiger partial charge < -0.3 is 25.2 Å². The highest BCUT2D eigenvalue weighted by Crippen LogP contribution is 2.33. The van der Waals surface area contributed by atoms with Crippen molar-refractivity contribution in [3.63, 3.8) is 0 Å². The molecule has 24 heavy (non-hydrogen) atoms. The van der Waals surface area contributed by atoms with Gasteiger partial charge in [-0.1, -0.05) is 13.0 Å². The summed E-state index contributed by atoms with van der Waals surface area (Å²) in [7, 11) is 1.44. The van der Waals surface area contributed by atoms with Crippen LogP contribution < -0.4 is 15.4 Å². The highest BCUT2D eigenvalue weighted by atomic mass is 16.5. The molecule has 0 fully saturated rings. The summed E-state index contributed by atoms with van der Waals surface area (Å²) in [6.07, 6.45) is 0.451. The predicted octanol–water partition coefficient (Wildman–Crippen LogP) is 2.37. The van der Waals surface area contributed by atoms with E-state index in [9.17, 15) is 14.7 Å². The van der Waals surface area contributed by atoms with Crippen LogP contribution in [-0.4, -0.2) is 30.3 Å². The van der Waals surface area contributed by atoms with Crippen LogP contribution in [0.1, 0.15) is 38.8 Å². The van der Waals surface area contributed by atoms with E-state index in [0.29, 0.717) is 29.0 Å². The average molecular weight is 334 g/mol. The number of phenolic OH excluding ortho intramolecular Hbond substituents is 1. The summed E-state index contributed by atoms with van der Waals surface area (Å²) in [5.74, 6) is -0.270. The number of aromatic hydroxyl groups is 1. The molecule has 0 saturated carbocycles. The number of carbonyl (C=O) groups excluding carboxylic acids is 2. The van der Waals surface area contributed by atoms with Crippen LogP contribution in [0.4, 0.5) is 4.79 Å². The topological polar surface area (TPSA) is 96.9 Å². The Labute approximate surface area is 140 Å². The highest BCUT2D eigenvalue weighted by molar-refractivity contribution is 5.95. The molecule has 1 aromatic carbocycles. The van der Waals surface area contributed by atoms with Gasteiger partial charge in [0.05, 0.1) is 24.8 Å². The lowest BCUT2D eigenvalue weighted by atomic mass is 9.95. The molecule has 2 atom stereocenters. The Morgan fingerprint density at radius 3 is 2.71 bits per heavy atom. The molecule has 7 heteroatoms. The lowest BCUT2D eigenvalue weighted by Gasteiger charge is -2.29. The normalized spacial score (nSPS) is 18.5. The van der Waals surface area contributed by atoms with E-state index < -0.39 is 18.0 Å². The molecule has 1 heterocycles.